The van der Waals surface area contributed by atoms with Gasteiger partial charge in [0.1, 0.15) is 0 Å². The quantitative estimate of drug-likeness (QED) is 0.179. The van der Waals surface area contributed by atoms with Crippen LogP contribution in [0.2, 0.25) is 0 Å². The Hall–Kier alpha value is -6.42. The molecule has 3 aromatic heterocycles. The molecule has 50 heavy (non-hydrogen) atoms. The molecule has 0 spiro atoms. The summed E-state index contributed by atoms with van der Waals surface area (Å²) in [6.45, 7) is 15.9. The van der Waals surface area contributed by atoms with Crippen molar-refractivity contribution < 1.29 is 21.0 Å². The van der Waals surface area contributed by atoms with Crippen molar-refractivity contribution in [3.63, 3.8) is 0 Å². The average molecular weight is 684 g/mol. The first-order valence-electron chi connectivity index (χ1n) is 15.5. The van der Waals surface area contributed by atoms with E-state index in [1.807, 2.05) is 72.8 Å². The first-order chi connectivity index (χ1) is 24.5. The van der Waals surface area contributed by atoms with Gasteiger partial charge in [-0.25, -0.2) is 9.97 Å². The van der Waals surface area contributed by atoms with Gasteiger partial charge in [-0.05, 0) is 68.1 Å². The van der Waals surface area contributed by atoms with Crippen molar-refractivity contribution in [2.75, 3.05) is 0 Å². The van der Waals surface area contributed by atoms with Crippen molar-refractivity contribution in [1.82, 2.24) is 39.9 Å². The Morgan fingerprint density at radius 3 is 1.10 bits per heavy atom. The molecule has 9 rings (SSSR count). The van der Waals surface area contributed by atoms with Crippen LogP contribution in [0, 0.1) is 0 Å². The van der Waals surface area contributed by atoms with Crippen LogP contribution in [0.3, 0.4) is 0 Å². The van der Waals surface area contributed by atoms with E-state index in [9.17, 15) is 0 Å². The monoisotopic (exact) mass is 683 g/mol. The molecule has 2 aliphatic rings. The van der Waals surface area contributed by atoms with Crippen LogP contribution in [0.1, 0.15) is 22.3 Å². The minimum atomic E-state index is 0.486. The summed E-state index contributed by atoms with van der Waals surface area (Å²) in [6.07, 6.45) is 7.19. The molecule has 0 N–H and O–H groups in total. The van der Waals surface area contributed by atoms with Crippen LogP contribution < -0.4 is 9.97 Å². The fourth-order valence-electron chi connectivity index (χ4n) is 6.24. The maximum absolute atomic E-state index is 8.19. The van der Waals surface area contributed by atoms with Crippen LogP contribution in [0.5, 0.6) is 0 Å². The van der Waals surface area contributed by atoms with Crippen LogP contribution >= 0.6 is 0 Å². The summed E-state index contributed by atoms with van der Waals surface area (Å²) in [4.78, 5) is 40.0. The van der Waals surface area contributed by atoms with Gasteiger partial charge in [-0.1, -0.05) is 99.2 Å². The number of nitrogens with zero attached hydrogens (tertiary/aromatic N) is 8. The Morgan fingerprint density at radius 1 is 0.400 bits per heavy atom. The molecule has 7 aromatic rings. The van der Waals surface area contributed by atoms with E-state index < -0.39 is 0 Å². The van der Waals surface area contributed by atoms with Crippen molar-refractivity contribution in [2.45, 2.75) is 0 Å². The van der Waals surface area contributed by atoms with E-state index in [0.717, 1.165) is 83.4 Å². The van der Waals surface area contributed by atoms with E-state index in [0.29, 0.717) is 45.9 Å². The van der Waals surface area contributed by atoms with Crippen molar-refractivity contribution in [3.8, 4) is 45.6 Å². The van der Waals surface area contributed by atoms with Crippen LogP contribution in [0.4, 0.5) is 0 Å². The van der Waals surface area contributed by atoms with Gasteiger partial charge in [0.05, 0.1) is 23.3 Å². The van der Waals surface area contributed by atoms with Gasteiger partial charge in [-0.2, -0.15) is 0 Å². The fourth-order valence-corrected chi connectivity index (χ4v) is 6.24. The number of aromatic nitrogens is 8. The third kappa shape index (κ3) is 4.95. The van der Waals surface area contributed by atoms with Gasteiger partial charge in [0, 0.05) is 44.8 Å². The summed E-state index contributed by atoms with van der Waals surface area (Å²) in [5.41, 5.74) is 9.02. The minimum absolute atomic E-state index is 0.486. The van der Waals surface area contributed by atoms with Crippen molar-refractivity contribution in [3.05, 3.63) is 121 Å². The van der Waals surface area contributed by atoms with Crippen LogP contribution in [-0.4, -0.2) is 29.9 Å². The molecule has 0 unspecified atom stereocenters. The van der Waals surface area contributed by atoms with Crippen molar-refractivity contribution >= 4 is 68.4 Å². The van der Waals surface area contributed by atoms with Gasteiger partial charge in [-0.3, -0.25) is 0 Å². The molecule has 9 nitrogen and oxygen atoms in total. The molecule has 0 saturated heterocycles. The third-order valence-electron chi connectivity index (χ3n) is 8.74. The van der Waals surface area contributed by atoms with Gasteiger partial charge in [0.2, 0.25) is 0 Å². The van der Waals surface area contributed by atoms with Gasteiger partial charge < -0.3 is 29.9 Å². The predicted molar refractivity (Wildman–Crippen MR) is 195 cm³/mol. The second-order valence-corrected chi connectivity index (χ2v) is 11.5. The Bertz CT molecular complexity index is 2610. The molecule has 5 heterocycles. The standard InChI is InChI=1S/C40H24N8.O.V/c1-5-21-9-13-25-29(17-21)37-43-33(25)41-34-27-15-11-23(7-3)19-31(27)39(45-34)48-40-32-20-24(8-4)12-16-28(32)36(46-40)42-35-26-14-10-22(6-2)18-30(26)38(44-35)47-37;;/h5-20H,1-4H2;;/q-2;;+2. The molecule has 235 valence electrons. The number of rotatable bonds is 4. The molecule has 4 aromatic carbocycles. The summed E-state index contributed by atoms with van der Waals surface area (Å²) < 4.78 is 8.19. The van der Waals surface area contributed by atoms with E-state index in [4.69, 9.17) is 43.5 Å². The SMILES string of the molecule is C=Cc1ccc2c(c1)-c1nc-2nc2[n-]c(nc3nc(nc4[n-]c(n1)c1cc(C=C)ccc41)-c1ccc(C=C)cc1-3)c1cc(C=C)ccc21.[O]=[V+2]. The maximum atomic E-state index is 8.19. The zero-order valence-electron chi connectivity index (χ0n) is 26.5. The van der Waals surface area contributed by atoms with Gasteiger partial charge in [0.25, 0.3) is 0 Å². The first kappa shape index (κ1) is 30.9. The first-order valence-corrected chi connectivity index (χ1v) is 16.1. The van der Waals surface area contributed by atoms with E-state index in [2.05, 4.69) is 26.3 Å². The Morgan fingerprint density at radius 2 is 0.720 bits per heavy atom. The number of hydrogen-bond donors (Lipinski definition) is 0. The molecule has 0 amide bonds. The van der Waals surface area contributed by atoms with E-state index >= 15 is 0 Å². The second-order valence-electron chi connectivity index (χ2n) is 11.5. The summed E-state index contributed by atoms with van der Waals surface area (Å²) in [7, 11) is 0. The molecule has 0 fully saturated rings. The van der Waals surface area contributed by atoms with Crippen LogP contribution in [0.25, 0.3) is 114 Å². The molecule has 0 saturated carbocycles. The predicted octanol–water partition coefficient (Wildman–Crippen LogP) is 8.58. The zero-order valence-corrected chi connectivity index (χ0v) is 27.9. The van der Waals surface area contributed by atoms with E-state index in [1.54, 1.807) is 24.3 Å². The Labute approximate surface area is 295 Å². The molecule has 0 aliphatic carbocycles. The van der Waals surface area contributed by atoms with Crippen molar-refractivity contribution in [2.24, 2.45) is 0 Å². The number of benzene rings is 4. The summed E-state index contributed by atoms with van der Waals surface area (Å²) in [5.74, 6) is 1.96. The van der Waals surface area contributed by atoms with E-state index in [1.165, 1.54) is 0 Å². The number of hydrogen-bond acceptors (Lipinski definition) is 7. The van der Waals surface area contributed by atoms with Gasteiger partial charge in [-0.15, -0.1) is 0 Å². The van der Waals surface area contributed by atoms with Crippen LogP contribution in [0.15, 0.2) is 99.1 Å². The van der Waals surface area contributed by atoms with Gasteiger partial charge in [0.15, 0.2) is 0 Å². The number of fused-ring (bicyclic) bond motifs is 20. The summed E-state index contributed by atoms with van der Waals surface area (Å²) in [6, 6.07) is 24.0. The molecular weight excluding hydrogens is 659 g/mol. The third-order valence-corrected chi connectivity index (χ3v) is 8.74. The van der Waals surface area contributed by atoms with E-state index in [-0.39, 0.29) is 0 Å². The molecular formula is C40H24N8OV. The Kier molecular flexibility index (Phi) is 7.56. The molecule has 8 bridgehead atoms. The summed E-state index contributed by atoms with van der Waals surface area (Å²) >= 11 is 1.06. The van der Waals surface area contributed by atoms with Gasteiger partial charge >= 0.3 is 21.0 Å². The Balaban J connectivity index is 0.00000177. The fraction of sp³-hybridized carbons (Fsp3) is 0. The molecule has 2 aliphatic heterocycles. The molecule has 0 atom stereocenters. The summed E-state index contributed by atoms with van der Waals surface area (Å²) in [5, 5.41) is 3.31. The topological polar surface area (TPSA) is 123 Å². The normalized spacial score (nSPS) is 11.3. The molecule has 0 radical (unpaired) electrons. The zero-order chi connectivity index (χ0) is 34.5. The van der Waals surface area contributed by atoms with Crippen molar-refractivity contribution in [1.29, 1.82) is 0 Å². The second kappa shape index (κ2) is 12.2. The van der Waals surface area contributed by atoms with Crippen LogP contribution in [-0.2, 0) is 21.0 Å². The average Bonchev–Trinajstić information content (AvgIpc) is 3.89. The molecule has 10 heteroatoms.